The van der Waals surface area contributed by atoms with E-state index in [-0.39, 0.29) is 17.9 Å². The van der Waals surface area contributed by atoms with Crippen LogP contribution in [0.3, 0.4) is 0 Å². The number of anilines is 1. The molecule has 2 rings (SSSR count). The van der Waals surface area contributed by atoms with Gasteiger partial charge in [-0.1, -0.05) is 0 Å². The van der Waals surface area contributed by atoms with Gasteiger partial charge in [-0.05, 0) is 12.8 Å². The Morgan fingerprint density at radius 2 is 1.89 bits per heavy atom. The molecule has 0 radical (unpaired) electrons. The number of carbonyl (C=O) groups is 1. The lowest BCUT2D eigenvalue weighted by atomic mass is 10.0. The molecule has 1 saturated heterocycles. The van der Waals surface area contributed by atoms with Crippen molar-refractivity contribution in [3.05, 3.63) is 0 Å². The second-order valence-electron chi connectivity index (χ2n) is 4.09. The molecular weight excluding hydrogens is 236 g/mol. The number of hydrogen-bond donors (Lipinski definition) is 0. The van der Waals surface area contributed by atoms with Crippen LogP contribution in [0, 0.1) is 5.92 Å². The summed E-state index contributed by atoms with van der Waals surface area (Å²) in [7, 11) is 2.98. The minimum atomic E-state index is 0.0347. The quantitative estimate of drug-likeness (QED) is 0.713. The summed E-state index contributed by atoms with van der Waals surface area (Å²) in [5, 5.41) is 0. The van der Waals surface area contributed by atoms with Gasteiger partial charge in [0.05, 0.1) is 14.2 Å². The topological polar surface area (TPSA) is 77.4 Å². The van der Waals surface area contributed by atoms with E-state index in [1.165, 1.54) is 14.2 Å². The molecule has 0 aliphatic carbocycles. The normalized spacial score (nSPS) is 19.4. The lowest BCUT2D eigenvalue weighted by Gasteiger charge is -2.30. The van der Waals surface area contributed by atoms with E-state index in [2.05, 4.69) is 15.0 Å². The number of hydrogen-bond acceptors (Lipinski definition) is 7. The number of nitrogens with zero attached hydrogens (tertiary/aromatic N) is 4. The van der Waals surface area contributed by atoms with E-state index >= 15 is 0 Å². The summed E-state index contributed by atoms with van der Waals surface area (Å²) in [5.74, 6) is 0.526. The Labute approximate surface area is 105 Å². The van der Waals surface area contributed by atoms with Crippen LogP contribution in [0.15, 0.2) is 0 Å². The first-order chi connectivity index (χ1) is 8.76. The molecule has 1 atom stereocenters. The molecule has 0 amide bonds. The van der Waals surface area contributed by atoms with Crippen molar-refractivity contribution in [2.45, 2.75) is 12.8 Å². The van der Waals surface area contributed by atoms with Gasteiger partial charge >= 0.3 is 12.0 Å². The van der Waals surface area contributed by atoms with E-state index in [1.54, 1.807) is 0 Å². The summed E-state index contributed by atoms with van der Waals surface area (Å²) in [6.07, 6.45) is 2.85. The third-order valence-corrected chi connectivity index (χ3v) is 2.88. The monoisotopic (exact) mass is 252 g/mol. The molecule has 1 aliphatic rings. The van der Waals surface area contributed by atoms with Crippen LogP contribution in [0.25, 0.3) is 0 Å². The van der Waals surface area contributed by atoms with Crippen LogP contribution < -0.4 is 14.4 Å². The van der Waals surface area contributed by atoms with Gasteiger partial charge in [-0.3, -0.25) is 0 Å². The number of methoxy groups -OCH3 is 2. The van der Waals surface area contributed by atoms with Gasteiger partial charge in [-0.15, -0.1) is 4.98 Å². The zero-order chi connectivity index (χ0) is 13.0. The number of ether oxygens (including phenoxy) is 2. The molecule has 1 unspecified atom stereocenters. The maximum atomic E-state index is 10.9. The number of aldehydes is 1. The van der Waals surface area contributed by atoms with Crippen LogP contribution in [0.1, 0.15) is 12.8 Å². The molecule has 1 aromatic rings. The second-order valence-corrected chi connectivity index (χ2v) is 4.09. The summed E-state index contributed by atoms with van der Waals surface area (Å²) in [5.41, 5.74) is 0. The van der Waals surface area contributed by atoms with E-state index in [4.69, 9.17) is 9.47 Å². The van der Waals surface area contributed by atoms with Gasteiger partial charge in [0.25, 0.3) is 0 Å². The van der Waals surface area contributed by atoms with Gasteiger partial charge in [0.1, 0.15) is 6.29 Å². The van der Waals surface area contributed by atoms with Crippen LogP contribution in [-0.2, 0) is 4.79 Å². The SMILES string of the molecule is COc1nc(OC)nc(N2CCCC(C=O)C2)n1. The minimum absolute atomic E-state index is 0.0347. The first-order valence-electron chi connectivity index (χ1n) is 5.81. The van der Waals surface area contributed by atoms with Crippen molar-refractivity contribution in [2.75, 3.05) is 32.2 Å². The molecule has 0 saturated carbocycles. The summed E-state index contributed by atoms with van der Waals surface area (Å²) in [6.45, 7) is 1.44. The second kappa shape index (κ2) is 5.61. The molecule has 7 heteroatoms. The van der Waals surface area contributed by atoms with Crippen molar-refractivity contribution in [3.63, 3.8) is 0 Å². The van der Waals surface area contributed by atoms with Crippen molar-refractivity contribution in [1.29, 1.82) is 0 Å². The predicted octanol–water partition coefficient (Wildman–Crippen LogP) is 0.304. The minimum Gasteiger partial charge on any atom is -0.467 e. The number of piperidine rings is 1. The molecule has 7 nitrogen and oxygen atoms in total. The first-order valence-corrected chi connectivity index (χ1v) is 5.81. The molecule has 1 fully saturated rings. The molecular formula is C11H16N4O3. The predicted molar refractivity (Wildman–Crippen MR) is 63.9 cm³/mol. The summed E-state index contributed by atoms with van der Waals surface area (Å²) in [4.78, 5) is 25.1. The highest BCUT2D eigenvalue weighted by Gasteiger charge is 2.22. The fourth-order valence-corrected chi connectivity index (χ4v) is 1.95. The van der Waals surface area contributed by atoms with Crippen LogP contribution in [-0.4, -0.2) is 48.5 Å². The smallest absolute Gasteiger partial charge is 0.324 e. The van der Waals surface area contributed by atoms with Gasteiger partial charge in [0.15, 0.2) is 0 Å². The largest absolute Gasteiger partial charge is 0.467 e. The van der Waals surface area contributed by atoms with Gasteiger partial charge in [0.2, 0.25) is 5.95 Å². The fraction of sp³-hybridized carbons (Fsp3) is 0.636. The Hall–Kier alpha value is -1.92. The van der Waals surface area contributed by atoms with E-state index in [9.17, 15) is 4.79 Å². The van der Waals surface area contributed by atoms with Gasteiger partial charge in [0, 0.05) is 19.0 Å². The molecule has 2 heterocycles. The van der Waals surface area contributed by atoms with Gasteiger partial charge < -0.3 is 19.2 Å². The Morgan fingerprint density at radius 3 is 2.44 bits per heavy atom. The third kappa shape index (κ3) is 2.66. The zero-order valence-electron chi connectivity index (χ0n) is 10.5. The van der Waals surface area contributed by atoms with Crippen molar-refractivity contribution in [3.8, 4) is 12.0 Å². The van der Waals surface area contributed by atoms with E-state index < -0.39 is 0 Å². The average Bonchev–Trinajstić information content (AvgIpc) is 2.46. The molecule has 1 aliphatic heterocycles. The zero-order valence-corrected chi connectivity index (χ0v) is 10.5. The summed E-state index contributed by atoms with van der Waals surface area (Å²) in [6, 6.07) is 0.426. The van der Waals surface area contributed by atoms with E-state index in [0.29, 0.717) is 12.5 Å². The number of aromatic nitrogens is 3. The lowest BCUT2D eigenvalue weighted by Crippen LogP contribution is -2.37. The van der Waals surface area contributed by atoms with Crippen molar-refractivity contribution in [2.24, 2.45) is 5.92 Å². The standard InChI is InChI=1S/C11H16N4O3/c1-17-10-12-9(13-11(14-10)18-2)15-5-3-4-8(6-15)7-16/h7-8H,3-6H2,1-2H3. The van der Waals surface area contributed by atoms with Crippen LogP contribution >= 0.6 is 0 Å². The number of carbonyl (C=O) groups excluding carboxylic acids is 1. The van der Waals surface area contributed by atoms with Gasteiger partial charge in [-0.25, -0.2) is 0 Å². The van der Waals surface area contributed by atoms with Crippen LogP contribution in [0.4, 0.5) is 5.95 Å². The Morgan fingerprint density at radius 1 is 1.22 bits per heavy atom. The van der Waals surface area contributed by atoms with Crippen LogP contribution in [0.2, 0.25) is 0 Å². The molecule has 18 heavy (non-hydrogen) atoms. The molecule has 98 valence electrons. The lowest BCUT2D eigenvalue weighted by molar-refractivity contribution is -0.111. The molecule has 0 bridgehead atoms. The Balaban J connectivity index is 2.23. The molecule has 1 aromatic heterocycles. The van der Waals surface area contributed by atoms with E-state index in [0.717, 1.165) is 25.7 Å². The third-order valence-electron chi connectivity index (χ3n) is 2.88. The first kappa shape index (κ1) is 12.5. The van der Waals surface area contributed by atoms with Crippen LogP contribution in [0.5, 0.6) is 12.0 Å². The maximum absolute atomic E-state index is 10.9. The fourth-order valence-electron chi connectivity index (χ4n) is 1.95. The number of rotatable bonds is 4. The van der Waals surface area contributed by atoms with E-state index in [1.807, 2.05) is 4.90 Å². The highest BCUT2D eigenvalue weighted by Crippen LogP contribution is 2.21. The summed E-state index contributed by atoms with van der Waals surface area (Å²) < 4.78 is 10.0. The maximum Gasteiger partial charge on any atom is 0.324 e. The Kier molecular flexibility index (Phi) is 3.91. The van der Waals surface area contributed by atoms with Crippen molar-refractivity contribution >= 4 is 12.2 Å². The molecule has 0 aromatic carbocycles. The average molecular weight is 252 g/mol. The van der Waals surface area contributed by atoms with Gasteiger partial charge in [-0.2, -0.15) is 9.97 Å². The Bertz CT molecular complexity index is 404. The highest BCUT2D eigenvalue weighted by atomic mass is 16.5. The van der Waals surface area contributed by atoms with Crippen molar-refractivity contribution < 1.29 is 14.3 Å². The highest BCUT2D eigenvalue weighted by molar-refractivity contribution is 5.55. The van der Waals surface area contributed by atoms with Crippen molar-refractivity contribution in [1.82, 2.24) is 15.0 Å². The molecule has 0 N–H and O–H groups in total. The molecule has 0 spiro atoms. The summed E-state index contributed by atoms with van der Waals surface area (Å²) >= 11 is 0.